The molecule has 0 aromatic heterocycles. The summed E-state index contributed by atoms with van der Waals surface area (Å²) in [5.41, 5.74) is -1.44. The summed E-state index contributed by atoms with van der Waals surface area (Å²) >= 11 is 0. The van der Waals surface area contributed by atoms with Gasteiger partial charge in [-0.1, -0.05) is 12.8 Å². The number of ether oxygens (including phenoxy) is 2. The van der Waals surface area contributed by atoms with Crippen LogP contribution in [-0.2, 0) is 19.1 Å². The average Bonchev–Trinajstić information content (AvgIpc) is 3.12. The second-order valence-corrected chi connectivity index (χ2v) is 8.39. The largest absolute Gasteiger partial charge is 0.437 e. The first kappa shape index (κ1) is 21.1. The van der Waals surface area contributed by atoms with Crippen molar-refractivity contribution in [2.75, 3.05) is 37.7 Å². The van der Waals surface area contributed by atoms with E-state index in [0.29, 0.717) is 12.3 Å². The Morgan fingerprint density at radius 1 is 1.13 bits per heavy atom. The minimum Gasteiger partial charge on any atom is -0.376 e. The van der Waals surface area contributed by atoms with Gasteiger partial charge in [-0.25, -0.2) is 4.39 Å². The molecule has 2 amide bonds. The number of carbonyl (C=O) groups is 2. The molecule has 9 heteroatoms. The molecule has 1 saturated carbocycles. The highest BCUT2D eigenvalue weighted by Crippen LogP contribution is 2.37. The minimum absolute atomic E-state index is 0.0981. The number of nitrogens with zero attached hydrogens (tertiary/aromatic N) is 2. The van der Waals surface area contributed by atoms with Crippen LogP contribution in [0.25, 0.3) is 0 Å². The van der Waals surface area contributed by atoms with E-state index in [2.05, 4.69) is 0 Å². The zero-order valence-corrected chi connectivity index (χ0v) is 16.6. The predicted octanol–water partition coefficient (Wildman–Crippen LogP) is 2.96. The molecule has 0 radical (unpaired) electrons. The van der Waals surface area contributed by atoms with Crippen molar-refractivity contribution in [1.82, 2.24) is 4.90 Å². The summed E-state index contributed by atoms with van der Waals surface area (Å²) in [5, 5.41) is 0. The summed E-state index contributed by atoms with van der Waals surface area (Å²) in [5.74, 6) is -1.84. The van der Waals surface area contributed by atoms with Crippen LogP contribution in [-0.4, -0.2) is 61.3 Å². The highest BCUT2D eigenvalue weighted by molar-refractivity contribution is 5.98. The minimum atomic E-state index is -4.08. The van der Waals surface area contributed by atoms with Gasteiger partial charge >= 0.3 is 12.0 Å². The van der Waals surface area contributed by atoms with E-state index >= 15 is 0 Å². The number of morpholine rings is 1. The molecular weight excluding hydrogens is 401 g/mol. The molecule has 2 saturated heterocycles. The lowest BCUT2D eigenvalue weighted by molar-refractivity contribution is -0.293. The first-order valence-electron chi connectivity index (χ1n) is 10.3. The Morgan fingerprint density at radius 3 is 2.53 bits per heavy atom. The van der Waals surface area contributed by atoms with Crippen molar-refractivity contribution in [3.8, 4) is 0 Å². The van der Waals surface area contributed by atoms with Crippen molar-refractivity contribution < 1.29 is 32.2 Å². The number of halogens is 3. The molecule has 1 aromatic carbocycles. The van der Waals surface area contributed by atoms with E-state index in [1.807, 2.05) is 0 Å². The maximum absolute atomic E-state index is 14.6. The summed E-state index contributed by atoms with van der Waals surface area (Å²) in [7, 11) is 0. The van der Waals surface area contributed by atoms with Gasteiger partial charge < -0.3 is 14.5 Å². The summed E-state index contributed by atoms with van der Waals surface area (Å²) in [6, 6.07) is 4.74. The third-order valence-electron chi connectivity index (χ3n) is 6.06. The number of rotatable bonds is 3. The number of carbonyl (C=O) groups excluding carboxylic acids is 2. The highest BCUT2D eigenvalue weighted by Gasteiger charge is 2.58. The highest BCUT2D eigenvalue weighted by atomic mass is 19.3. The zero-order chi connectivity index (χ0) is 21.4. The number of anilines is 1. The molecule has 2 aliphatic heterocycles. The van der Waals surface area contributed by atoms with Crippen molar-refractivity contribution in [3.63, 3.8) is 0 Å². The lowest BCUT2D eigenvalue weighted by atomic mass is 9.99. The maximum atomic E-state index is 14.6. The number of benzene rings is 1. The Balaban J connectivity index is 1.57. The Kier molecular flexibility index (Phi) is 5.76. The summed E-state index contributed by atoms with van der Waals surface area (Å²) < 4.78 is 53.0. The molecule has 1 spiro atoms. The Labute approximate surface area is 172 Å². The maximum Gasteiger partial charge on any atom is 0.437 e. The van der Waals surface area contributed by atoms with E-state index in [1.165, 1.54) is 17.0 Å². The molecule has 1 aliphatic carbocycles. The van der Waals surface area contributed by atoms with Gasteiger partial charge in [-0.2, -0.15) is 8.78 Å². The lowest BCUT2D eigenvalue weighted by Gasteiger charge is -2.45. The van der Waals surface area contributed by atoms with Crippen molar-refractivity contribution in [3.05, 3.63) is 30.1 Å². The molecule has 0 N–H and O–H groups in total. The normalized spacial score (nSPS) is 27.5. The Bertz CT molecular complexity index is 798. The smallest absolute Gasteiger partial charge is 0.376 e. The van der Waals surface area contributed by atoms with Crippen molar-refractivity contribution in [2.45, 2.75) is 43.8 Å². The number of hydrogen-bond donors (Lipinski definition) is 0. The van der Waals surface area contributed by atoms with Gasteiger partial charge in [0.2, 0.25) is 5.91 Å². The van der Waals surface area contributed by atoms with E-state index in [1.54, 1.807) is 0 Å². The predicted molar refractivity (Wildman–Crippen MR) is 101 cm³/mol. The quantitative estimate of drug-likeness (QED) is 0.746. The zero-order valence-electron chi connectivity index (χ0n) is 16.6. The van der Waals surface area contributed by atoms with Crippen molar-refractivity contribution >= 4 is 17.5 Å². The molecule has 6 nitrogen and oxygen atoms in total. The molecule has 0 bridgehead atoms. The second kappa shape index (κ2) is 8.19. The van der Waals surface area contributed by atoms with Crippen LogP contribution in [0, 0.1) is 11.7 Å². The van der Waals surface area contributed by atoms with Gasteiger partial charge in [0.25, 0.3) is 0 Å². The van der Waals surface area contributed by atoms with Gasteiger partial charge in [-0.3, -0.25) is 14.3 Å². The van der Waals surface area contributed by atoms with Crippen LogP contribution in [0.1, 0.15) is 32.1 Å². The lowest BCUT2D eigenvalue weighted by Crippen LogP contribution is -2.66. The molecule has 164 valence electrons. The summed E-state index contributed by atoms with van der Waals surface area (Å²) in [6.45, 7) is -0.00946. The van der Waals surface area contributed by atoms with Gasteiger partial charge in [0, 0.05) is 18.7 Å². The van der Waals surface area contributed by atoms with Gasteiger partial charge in [-0.15, -0.1) is 0 Å². The number of hydrogen-bond acceptors (Lipinski definition) is 4. The van der Waals surface area contributed by atoms with E-state index < -0.39 is 23.4 Å². The van der Waals surface area contributed by atoms with E-state index in [-0.39, 0.29) is 44.4 Å². The average molecular weight is 426 g/mol. The number of alkyl halides is 2. The van der Waals surface area contributed by atoms with Gasteiger partial charge in [0.1, 0.15) is 11.4 Å². The summed E-state index contributed by atoms with van der Waals surface area (Å²) in [6.07, 6.45) is 0.517. The molecule has 30 heavy (non-hydrogen) atoms. The topological polar surface area (TPSA) is 59.1 Å². The summed E-state index contributed by atoms with van der Waals surface area (Å²) in [4.78, 5) is 27.6. The van der Waals surface area contributed by atoms with Crippen LogP contribution < -0.4 is 4.90 Å². The fourth-order valence-corrected chi connectivity index (χ4v) is 4.56. The van der Waals surface area contributed by atoms with Gasteiger partial charge in [0.15, 0.2) is 0 Å². The molecule has 2 heterocycles. The molecule has 1 unspecified atom stereocenters. The van der Waals surface area contributed by atoms with Crippen molar-refractivity contribution in [2.24, 2.45) is 5.92 Å². The first-order chi connectivity index (χ1) is 14.3. The third-order valence-corrected chi connectivity index (χ3v) is 6.06. The van der Waals surface area contributed by atoms with Crippen LogP contribution >= 0.6 is 0 Å². The fourth-order valence-electron chi connectivity index (χ4n) is 4.56. The SMILES string of the molecule is O=C(CC1CCCC1)N1CCOCC2(C1)CN(c1ccc(F)cc1)C(=O)C(F)(F)O2. The first-order valence-corrected chi connectivity index (χ1v) is 10.3. The van der Waals surface area contributed by atoms with Crippen molar-refractivity contribution in [1.29, 1.82) is 0 Å². The second-order valence-electron chi connectivity index (χ2n) is 8.39. The van der Waals surface area contributed by atoms with Gasteiger partial charge in [0.05, 0.1) is 26.3 Å². The number of amides is 2. The molecule has 3 fully saturated rings. The Hall–Kier alpha value is -2.13. The van der Waals surface area contributed by atoms with Crippen LogP contribution in [0.4, 0.5) is 18.9 Å². The fraction of sp³-hybridized carbons (Fsp3) is 0.619. The van der Waals surface area contributed by atoms with E-state index in [0.717, 1.165) is 42.7 Å². The van der Waals surface area contributed by atoms with Crippen LogP contribution in [0.15, 0.2) is 24.3 Å². The monoisotopic (exact) mass is 426 g/mol. The van der Waals surface area contributed by atoms with Crippen LogP contribution in [0.5, 0.6) is 0 Å². The standard InChI is InChI=1S/C21H25F3N2O4/c22-16-5-7-17(8-6-16)26-13-20(30-21(23,24)19(26)28)12-25(9-10-29-14-20)18(27)11-15-3-1-2-4-15/h5-8,15H,1-4,9-14H2. The van der Waals surface area contributed by atoms with E-state index in [9.17, 15) is 22.8 Å². The molecule has 1 aromatic rings. The van der Waals surface area contributed by atoms with Crippen LogP contribution in [0.2, 0.25) is 0 Å². The van der Waals surface area contributed by atoms with Gasteiger partial charge in [-0.05, 0) is 43.0 Å². The third kappa shape index (κ3) is 4.32. The molecule has 3 aliphatic rings. The Morgan fingerprint density at radius 2 is 1.83 bits per heavy atom. The molecule has 1 atom stereocenters. The van der Waals surface area contributed by atoms with E-state index in [4.69, 9.17) is 9.47 Å². The molecular formula is C21H25F3N2O4. The van der Waals surface area contributed by atoms with Crippen LogP contribution in [0.3, 0.4) is 0 Å². The molecule has 4 rings (SSSR count).